The number of hydrogen-bond acceptors (Lipinski definition) is 11. The molecular weight excluding hydrogens is 613 g/mol. The summed E-state index contributed by atoms with van der Waals surface area (Å²) in [5.41, 5.74) is 5.84. The molecule has 3 N–H and O–H groups in total. The van der Waals surface area contributed by atoms with Crippen LogP contribution >= 0.6 is 0 Å². The molecule has 2 saturated heterocycles. The van der Waals surface area contributed by atoms with E-state index >= 15 is 0 Å². The van der Waals surface area contributed by atoms with Gasteiger partial charge in [-0.2, -0.15) is 4.98 Å². The van der Waals surface area contributed by atoms with Gasteiger partial charge < -0.3 is 20.4 Å². The maximum absolute atomic E-state index is 12.3. The van der Waals surface area contributed by atoms with E-state index in [1.54, 1.807) is 30.6 Å². The third kappa shape index (κ3) is 7.64. The number of benzene rings is 2. The summed E-state index contributed by atoms with van der Waals surface area (Å²) in [5, 5.41) is 6.66. The molecule has 2 aromatic carbocycles. The van der Waals surface area contributed by atoms with Crippen molar-refractivity contribution in [1.82, 2.24) is 29.7 Å². The van der Waals surface area contributed by atoms with Crippen LogP contribution in [0.4, 0.5) is 34.5 Å². The van der Waals surface area contributed by atoms with Crippen molar-refractivity contribution in [2.24, 2.45) is 0 Å². The van der Waals surface area contributed by atoms with Crippen LogP contribution < -0.4 is 20.3 Å². The second-order valence-corrected chi connectivity index (χ2v) is 14.5. The maximum Gasteiger partial charge on any atom is 0.229 e. The lowest BCUT2D eigenvalue weighted by Gasteiger charge is -2.43. The molecular formula is C34H44N10O2S. The molecule has 2 aromatic heterocycles. The zero-order valence-corrected chi connectivity index (χ0v) is 28.4. The van der Waals surface area contributed by atoms with E-state index in [4.69, 9.17) is 4.98 Å². The highest BCUT2D eigenvalue weighted by atomic mass is 32.2. The third-order valence-corrected chi connectivity index (χ3v) is 9.56. The van der Waals surface area contributed by atoms with Crippen molar-refractivity contribution in [1.29, 1.82) is 0 Å². The van der Waals surface area contributed by atoms with Gasteiger partial charge in [0.1, 0.15) is 11.3 Å². The first-order valence-corrected chi connectivity index (χ1v) is 18.0. The molecule has 12 nitrogen and oxygen atoms in total. The first-order valence-electron chi connectivity index (χ1n) is 16.1. The van der Waals surface area contributed by atoms with Crippen LogP contribution in [0.5, 0.6) is 0 Å². The first kappa shape index (κ1) is 32.6. The van der Waals surface area contributed by atoms with E-state index < -0.39 is 10.0 Å². The first-order chi connectivity index (χ1) is 22.6. The third-order valence-electron chi connectivity index (χ3n) is 8.98. The predicted octanol–water partition coefficient (Wildman–Crippen LogP) is 5.26. The minimum absolute atomic E-state index is 0.283. The zero-order valence-electron chi connectivity index (χ0n) is 27.6. The van der Waals surface area contributed by atoms with Crippen molar-refractivity contribution in [2.45, 2.75) is 38.6 Å². The number of aromatic nitrogens is 4. The Morgan fingerprint density at radius 1 is 0.957 bits per heavy atom. The van der Waals surface area contributed by atoms with Crippen molar-refractivity contribution in [3.8, 4) is 0 Å². The summed E-state index contributed by atoms with van der Waals surface area (Å²) in [4.78, 5) is 25.6. The van der Waals surface area contributed by atoms with Gasteiger partial charge in [0.05, 0.1) is 23.1 Å². The van der Waals surface area contributed by atoms with Gasteiger partial charge in [0, 0.05) is 80.8 Å². The Hall–Kier alpha value is -4.33. The van der Waals surface area contributed by atoms with Crippen LogP contribution in [0, 0.1) is 0 Å². The SMILES string of the molecule is C=Cc1cnc(Nc2ccc(N3CCC(N4CCN(C)CC4)CC3)c(C(C)C)c2)nc1Nc1ccc2nccnc2c1NS(C)(=O)=O. The van der Waals surface area contributed by atoms with Crippen molar-refractivity contribution in [2.75, 3.05) is 72.8 Å². The Balaban J connectivity index is 1.22. The van der Waals surface area contributed by atoms with E-state index in [9.17, 15) is 8.42 Å². The Morgan fingerprint density at radius 2 is 1.70 bits per heavy atom. The van der Waals surface area contributed by atoms with Crippen molar-refractivity contribution in [3.63, 3.8) is 0 Å². The normalized spacial score (nSPS) is 16.8. The minimum Gasteiger partial charge on any atom is -0.371 e. The van der Waals surface area contributed by atoms with E-state index in [1.165, 1.54) is 43.4 Å². The fourth-order valence-corrected chi connectivity index (χ4v) is 7.01. The van der Waals surface area contributed by atoms with Crippen LogP contribution in [0.15, 0.2) is 55.5 Å². The number of piperidine rings is 1. The van der Waals surface area contributed by atoms with E-state index in [0.717, 1.165) is 38.1 Å². The molecule has 0 amide bonds. The highest BCUT2D eigenvalue weighted by Gasteiger charge is 2.28. The van der Waals surface area contributed by atoms with Crippen LogP contribution in [-0.4, -0.2) is 96.8 Å². The number of anilines is 6. The van der Waals surface area contributed by atoms with Gasteiger partial charge in [-0.1, -0.05) is 26.5 Å². The number of sulfonamides is 1. The van der Waals surface area contributed by atoms with Gasteiger partial charge in [-0.3, -0.25) is 19.6 Å². The Labute approximate surface area is 277 Å². The monoisotopic (exact) mass is 656 g/mol. The summed E-state index contributed by atoms with van der Waals surface area (Å²) < 4.78 is 27.1. The summed E-state index contributed by atoms with van der Waals surface area (Å²) in [7, 11) is -1.40. The van der Waals surface area contributed by atoms with Crippen LogP contribution in [0.3, 0.4) is 0 Å². The topological polar surface area (TPSA) is 132 Å². The lowest BCUT2D eigenvalue weighted by atomic mass is 9.96. The van der Waals surface area contributed by atoms with Crippen LogP contribution in [0.25, 0.3) is 17.1 Å². The molecule has 6 rings (SSSR count). The molecule has 4 heterocycles. The van der Waals surface area contributed by atoms with Crippen molar-refractivity contribution >= 4 is 61.6 Å². The number of likely N-dealkylation sites (N-methyl/N-ethyl adjacent to an activating group) is 1. The van der Waals surface area contributed by atoms with Gasteiger partial charge in [0.25, 0.3) is 0 Å². The summed E-state index contributed by atoms with van der Waals surface area (Å²) in [6.07, 6.45) is 9.88. The second kappa shape index (κ2) is 13.8. The van der Waals surface area contributed by atoms with Crippen molar-refractivity contribution < 1.29 is 8.42 Å². The standard InChI is InChI=1S/C34H44N10O2S/c1-6-24-22-37-34(40-33(24)39-29-9-8-28-31(36-14-13-35-28)32(29)41-47(5,45)46)38-25-7-10-30(27(21-25)23(2)3)44-15-11-26(12-16-44)43-19-17-42(4)18-20-43/h6-10,13-14,21-23,26,41H,1,11-12,15-20H2,2-5H3,(H2,37,38,39,40). The molecule has 0 spiro atoms. The second-order valence-electron chi connectivity index (χ2n) is 12.7. The molecule has 0 radical (unpaired) electrons. The van der Waals surface area contributed by atoms with Gasteiger partial charge in [0.2, 0.25) is 16.0 Å². The van der Waals surface area contributed by atoms with Crippen molar-refractivity contribution in [3.05, 3.63) is 66.6 Å². The molecule has 2 aliphatic heterocycles. The number of nitrogens with one attached hydrogen (secondary N) is 3. The lowest BCUT2D eigenvalue weighted by Crippen LogP contribution is -2.52. The minimum atomic E-state index is -3.61. The van der Waals surface area contributed by atoms with Crippen LogP contribution in [-0.2, 0) is 10.0 Å². The van der Waals surface area contributed by atoms with Gasteiger partial charge in [0.15, 0.2) is 0 Å². The molecule has 47 heavy (non-hydrogen) atoms. The van der Waals surface area contributed by atoms with Crippen LogP contribution in [0.1, 0.15) is 43.7 Å². The van der Waals surface area contributed by atoms with E-state index in [2.05, 4.69) is 90.7 Å². The molecule has 13 heteroatoms. The molecule has 4 aromatic rings. The van der Waals surface area contributed by atoms with E-state index in [1.807, 2.05) is 0 Å². The van der Waals surface area contributed by atoms with Crippen LogP contribution in [0.2, 0.25) is 0 Å². The number of fused-ring (bicyclic) bond motifs is 1. The van der Waals surface area contributed by atoms with Gasteiger partial charge in [-0.15, -0.1) is 0 Å². The van der Waals surface area contributed by atoms with Gasteiger partial charge in [-0.25, -0.2) is 13.4 Å². The van der Waals surface area contributed by atoms with E-state index in [-0.39, 0.29) is 5.69 Å². The predicted molar refractivity (Wildman–Crippen MR) is 192 cm³/mol. The molecule has 0 atom stereocenters. The number of rotatable bonds is 10. The highest BCUT2D eigenvalue weighted by molar-refractivity contribution is 7.92. The van der Waals surface area contributed by atoms with Gasteiger partial charge in [-0.05, 0) is 61.7 Å². The number of hydrogen-bond donors (Lipinski definition) is 3. The average Bonchev–Trinajstić information content (AvgIpc) is 3.06. The van der Waals surface area contributed by atoms with E-state index in [0.29, 0.717) is 46.0 Å². The molecule has 0 saturated carbocycles. The fourth-order valence-electron chi connectivity index (χ4n) is 6.43. The summed E-state index contributed by atoms with van der Waals surface area (Å²) in [5.74, 6) is 1.19. The fraction of sp³-hybridized carbons (Fsp3) is 0.412. The molecule has 2 aliphatic rings. The summed E-state index contributed by atoms with van der Waals surface area (Å²) in [6, 6.07) is 10.7. The number of piperazine rings is 1. The summed E-state index contributed by atoms with van der Waals surface area (Å²) in [6.45, 7) is 15.1. The Bertz CT molecular complexity index is 1850. The average molecular weight is 657 g/mol. The lowest BCUT2D eigenvalue weighted by molar-refractivity contribution is 0.0982. The molecule has 0 bridgehead atoms. The Kier molecular flexibility index (Phi) is 9.57. The van der Waals surface area contributed by atoms with Gasteiger partial charge >= 0.3 is 0 Å². The molecule has 0 unspecified atom stereocenters. The maximum atomic E-state index is 12.3. The largest absolute Gasteiger partial charge is 0.371 e. The molecule has 2 fully saturated rings. The molecule has 248 valence electrons. The smallest absolute Gasteiger partial charge is 0.229 e. The highest BCUT2D eigenvalue weighted by Crippen LogP contribution is 2.35. The quantitative estimate of drug-likeness (QED) is 0.207. The Morgan fingerprint density at radius 3 is 2.40 bits per heavy atom. The zero-order chi connectivity index (χ0) is 33.1. The number of nitrogens with zero attached hydrogens (tertiary/aromatic N) is 7. The summed E-state index contributed by atoms with van der Waals surface area (Å²) >= 11 is 0. The molecule has 0 aliphatic carbocycles.